The summed E-state index contributed by atoms with van der Waals surface area (Å²) in [7, 11) is 0. The number of para-hydroxylation sites is 1. The Bertz CT molecular complexity index is 1210. The minimum absolute atomic E-state index is 0.0307. The molecule has 0 aliphatic heterocycles. The van der Waals surface area contributed by atoms with E-state index in [2.05, 4.69) is 15.6 Å². The largest absolute Gasteiger partial charge is 0.421 e. The molecule has 0 spiro atoms. The number of nitrogens with zero attached hydrogens (tertiary/aromatic N) is 1. The van der Waals surface area contributed by atoms with Gasteiger partial charge in [0, 0.05) is 16.1 Å². The molecule has 4 rings (SSSR count). The van der Waals surface area contributed by atoms with Gasteiger partial charge in [-0.2, -0.15) is 11.3 Å². The molecule has 0 unspecified atom stereocenters. The summed E-state index contributed by atoms with van der Waals surface area (Å²) in [4.78, 5) is 40.6. The van der Waals surface area contributed by atoms with E-state index in [-0.39, 0.29) is 18.0 Å². The lowest BCUT2D eigenvalue weighted by Gasteiger charge is -2.04. The second kappa shape index (κ2) is 7.75. The van der Waals surface area contributed by atoms with Crippen LogP contribution in [0.25, 0.3) is 11.0 Å². The Hall–Kier alpha value is -3.30. The van der Waals surface area contributed by atoms with Gasteiger partial charge in [0.15, 0.2) is 5.13 Å². The number of thiophene rings is 1. The topological polar surface area (TPSA) is 101 Å². The summed E-state index contributed by atoms with van der Waals surface area (Å²) in [5.74, 6) is -0.649. The van der Waals surface area contributed by atoms with Crippen molar-refractivity contribution in [2.75, 3.05) is 10.6 Å². The fourth-order valence-corrected chi connectivity index (χ4v) is 3.86. The number of benzene rings is 1. The van der Waals surface area contributed by atoms with Crippen LogP contribution in [-0.2, 0) is 11.2 Å². The van der Waals surface area contributed by atoms with Gasteiger partial charge < -0.3 is 9.73 Å². The highest BCUT2D eigenvalue weighted by molar-refractivity contribution is 7.14. The summed E-state index contributed by atoms with van der Waals surface area (Å²) in [6.45, 7) is 0. The van der Waals surface area contributed by atoms with Gasteiger partial charge in [0.25, 0.3) is 5.91 Å². The molecule has 2 N–H and O–H groups in total. The molecular formula is C19H13N3O4S2. The second-order valence-corrected chi connectivity index (χ2v) is 7.46. The summed E-state index contributed by atoms with van der Waals surface area (Å²) in [6, 6.07) is 10.3. The van der Waals surface area contributed by atoms with E-state index in [4.69, 9.17) is 4.42 Å². The van der Waals surface area contributed by atoms with Crippen LogP contribution in [0.15, 0.2) is 61.8 Å². The van der Waals surface area contributed by atoms with Crippen LogP contribution >= 0.6 is 22.7 Å². The number of carbonyl (C=O) groups is 2. The van der Waals surface area contributed by atoms with E-state index in [0.29, 0.717) is 27.4 Å². The normalized spacial score (nSPS) is 10.7. The molecule has 9 heteroatoms. The summed E-state index contributed by atoms with van der Waals surface area (Å²) < 4.78 is 5.20. The van der Waals surface area contributed by atoms with E-state index in [9.17, 15) is 14.4 Å². The van der Waals surface area contributed by atoms with Gasteiger partial charge in [-0.05, 0) is 23.6 Å². The smallest absolute Gasteiger partial charge is 0.360 e. The molecule has 0 radical (unpaired) electrons. The number of anilines is 2. The molecule has 0 atom stereocenters. The fraction of sp³-hybridized carbons (Fsp3) is 0.0526. The summed E-state index contributed by atoms with van der Waals surface area (Å²) in [5.41, 5.74) is 0.964. The van der Waals surface area contributed by atoms with E-state index in [0.717, 1.165) is 0 Å². The molecule has 0 bridgehead atoms. The third kappa shape index (κ3) is 4.00. The predicted molar refractivity (Wildman–Crippen MR) is 109 cm³/mol. The zero-order valence-corrected chi connectivity index (χ0v) is 15.9. The molecule has 3 heterocycles. The van der Waals surface area contributed by atoms with Crippen LogP contribution in [0.5, 0.6) is 0 Å². The second-order valence-electron chi connectivity index (χ2n) is 5.82. The molecule has 0 saturated carbocycles. The van der Waals surface area contributed by atoms with Crippen LogP contribution in [0.2, 0.25) is 0 Å². The molecule has 3 aromatic heterocycles. The first-order valence-electron chi connectivity index (χ1n) is 8.19. The highest BCUT2D eigenvalue weighted by atomic mass is 32.1. The maximum Gasteiger partial charge on any atom is 0.360 e. The monoisotopic (exact) mass is 411 g/mol. The maximum absolute atomic E-state index is 12.3. The van der Waals surface area contributed by atoms with Crippen LogP contribution in [0.1, 0.15) is 16.1 Å². The predicted octanol–water partition coefficient (Wildman–Crippen LogP) is 3.74. The average molecular weight is 411 g/mol. The zero-order valence-electron chi connectivity index (χ0n) is 14.3. The Labute approximate surface area is 166 Å². The van der Waals surface area contributed by atoms with E-state index >= 15 is 0 Å². The molecule has 140 valence electrons. The molecule has 0 aliphatic carbocycles. The van der Waals surface area contributed by atoms with Crippen LogP contribution in [0.4, 0.5) is 10.8 Å². The standard InChI is InChI=1S/C19H13N3O4S2/c23-16(21-14-7-11-3-1-2-4-15(11)26-18(14)25)8-13-10-28-19(20-13)22-17(24)12-5-6-27-9-12/h1-7,9-10H,8H2,(H,21,23)(H,20,22,24). The lowest BCUT2D eigenvalue weighted by molar-refractivity contribution is -0.115. The Kier molecular flexibility index (Phi) is 5.00. The highest BCUT2D eigenvalue weighted by Gasteiger charge is 2.13. The van der Waals surface area contributed by atoms with Crippen LogP contribution < -0.4 is 16.3 Å². The Morgan fingerprint density at radius 2 is 1.96 bits per heavy atom. The lowest BCUT2D eigenvalue weighted by Crippen LogP contribution is -2.19. The maximum atomic E-state index is 12.3. The van der Waals surface area contributed by atoms with Gasteiger partial charge in [0.05, 0.1) is 17.7 Å². The molecule has 4 aromatic rings. The number of aromatic nitrogens is 1. The molecule has 7 nitrogen and oxygen atoms in total. The van der Waals surface area contributed by atoms with Crippen LogP contribution in [0, 0.1) is 0 Å². The van der Waals surface area contributed by atoms with Crippen molar-refractivity contribution in [3.63, 3.8) is 0 Å². The van der Waals surface area contributed by atoms with E-state index < -0.39 is 11.5 Å². The molecule has 0 aliphatic rings. The van der Waals surface area contributed by atoms with Crippen molar-refractivity contribution < 1.29 is 14.0 Å². The van der Waals surface area contributed by atoms with Gasteiger partial charge >= 0.3 is 5.63 Å². The van der Waals surface area contributed by atoms with Gasteiger partial charge in [0.2, 0.25) is 5.91 Å². The molecule has 1 aromatic carbocycles. The summed E-state index contributed by atoms with van der Waals surface area (Å²) in [6.07, 6.45) is -0.0307. The Balaban J connectivity index is 1.42. The summed E-state index contributed by atoms with van der Waals surface area (Å²) >= 11 is 2.66. The van der Waals surface area contributed by atoms with Crippen molar-refractivity contribution in [3.05, 3.63) is 74.2 Å². The van der Waals surface area contributed by atoms with Crippen molar-refractivity contribution in [1.82, 2.24) is 4.98 Å². The van der Waals surface area contributed by atoms with Crippen molar-refractivity contribution in [2.45, 2.75) is 6.42 Å². The number of hydrogen-bond acceptors (Lipinski definition) is 7. The highest BCUT2D eigenvalue weighted by Crippen LogP contribution is 2.19. The Morgan fingerprint density at radius 1 is 1.11 bits per heavy atom. The Morgan fingerprint density at radius 3 is 2.79 bits per heavy atom. The number of nitrogens with one attached hydrogen (secondary N) is 2. The molecule has 0 saturated heterocycles. The van der Waals surface area contributed by atoms with Crippen LogP contribution in [-0.4, -0.2) is 16.8 Å². The van der Waals surface area contributed by atoms with Crippen molar-refractivity contribution in [2.24, 2.45) is 0 Å². The summed E-state index contributed by atoms with van der Waals surface area (Å²) in [5, 5.41) is 11.6. The first-order chi connectivity index (χ1) is 13.6. The van der Waals surface area contributed by atoms with Crippen molar-refractivity contribution in [1.29, 1.82) is 0 Å². The molecular weight excluding hydrogens is 398 g/mol. The number of rotatable bonds is 5. The van der Waals surface area contributed by atoms with E-state index in [1.165, 1.54) is 22.7 Å². The average Bonchev–Trinajstić information content (AvgIpc) is 3.34. The third-order valence-electron chi connectivity index (χ3n) is 3.81. The quantitative estimate of drug-likeness (QED) is 0.487. The van der Waals surface area contributed by atoms with Gasteiger partial charge in [-0.3, -0.25) is 14.9 Å². The SMILES string of the molecule is O=C(Cc1csc(NC(=O)c2ccsc2)n1)Nc1cc2ccccc2oc1=O. The van der Waals surface area contributed by atoms with Crippen molar-refractivity contribution in [3.8, 4) is 0 Å². The molecule has 28 heavy (non-hydrogen) atoms. The number of amides is 2. The van der Waals surface area contributed by atoms with Crippen molar-refractivity contribution >= 4 is 56.3 Å². The number of hydrogen-bond donors (Lipinski definition) is 2. The minimum Gasteiger partial charge on any atom is -0.421 e. The number of fused-ring (bicyclic) bond motifs is 1. The minimum atomic E-state index is -0.617. The van der Waals surface area contributed by atoms with E-state index in [1.807, 2.05) is 11.4 Å². The van der Waals surface area contributed by atoms with Crippen LogP contribution in [0.3, 0.4) is 0 Å². The number of carbonyl (C=O) groups excluding carboxylic acids is 2. The number of thiazole rings is 1. The first-order valence-corrected chi connectivity index (χ1v) is 10.0. The molecule has 2 amide bonds. The fourth-order valence-electron chi connectivity index (χ4n) is 2.52. The van der Waals surface area contributed by atoms with Gasteiger partial charge in [-0.1, -0.05) is 18.2 Å². The zero-order chi connectivity index (χ0) is 19.5. The lowest BCUT2D eigenvalue weighted by atomic mass is 10.2. The first kappa shape index (κ1) is 18.1. The molecule has 0 fully saturated rings. The van der Waals surface area contributed by atoms with Gasteiger partial charge in [0.1, 0.15) is 11.3 Å². The van der Waals surface area contributed by atoms with Gasteiger partial charge in [-0.25, -0.2) is 9.78 Å². The van der Waals surface area contributed by atoms with Gasteiger partial charge in [-0.15, -0.1) is 11.3 Å². The van der Waals surface area contributed by atoms with E-state index in [1.54, 1.807) is 41.1 Å². The third-order valence-corrected chi connectivity index (χ3v) is 5.30.